The Balaban J connectivity index is 2.81. The van der Waals surface area contributed by atoms with Gasteiger partial charge in [-0.05, 0) is 39.3 Å². The maximum absolute atomic E-state index is 12.1. The van der Waals surface area contributed by atoms with Gasteiger partial charge in [-0.2, -0.15) is 0 Å². The SMILES string of the molecule is CCC(O)N(Cc1ccccn1)C(=O)OC(C)(C)C. The molecule has 0 fully saturated rings. The molecule has 0 aliphatic rings. The van der Waals surface area contributed by atoms with Crippen LogP contribution in [0, 0.1) is 0 Å². The Labute approximate surface area is 114 Å². The molecular formula is C14H22N2O3. The summed E-state index contributed by atoms with van der Waals surface area (Å²) < 4.78 is 5.29. The van der Waals surface area contributed by atoms with Crippen LogP contribution in [0.3, 0.4) is 0 Å². The zero-order valence-corrected chi connectivity index (χ0v) is 12.0. The minimum absolute atomic E-state index is 0.227. The largest absolute Gasteiger partial charge is 0.444 e. The zero-order valence-electron chi connectivity index (χ0n) is 12.0. The van der Waals surface area contributed by atoms with Crippen molar-refractivity contribution >= 4 is 6.09 Å². The Kier molecular flexibility index (Phi) is 5.30. The first kappa shape index (κ1) is 15.4. The molecule has 0 aliphatic heterocycles. The van der Waals surface area contributed by atoms with Crippen LogP contribution < -0.4 is 0 Å². The van der Waals surface area contributed by atoms with Gasteiger partial charge in [0.05, 0.1) is 12.2 Å². The summed E-state index contributed by atoms with van der Waals surface area (Å²) in [5, 5.41) is 9.94. The molecule has 0 bridgehead atoms. The summed E-state index contributed by atoms with van der Waals surface area (Å²) in [5.74, 6) is 0. The van der Waals surface area contributed by atoms with Gasteiger partial charge in [-0.15, -0.1) is 0 Å². The Bertz CT molecular complexity index is 401. The molecule has 1 rings (SSSR count). The number of carbonyl (C=O) groups excluding carboxylic acids is 1. The fourth-order valence-corrected chi connectivity index (χ4v) is 1.50. The van der Waals surface area contributed by atoms with Crippen molar-refractivity contribution in [3.63, 3.8) is 0 Å². The van der Waals surface area contributed by atoms with Crippen LogP contribution in [0.1, 0.15) is 39.8 Å². The number of aliphatic hydroxyl groups excluding tert-OH is 1. The van der Waals surface area contributed by atoms with Gasteiger partial charge in [0.15, 0.2) is 0 Å². The van der Waals surface area contributed by atoms with Gasteiger partial charge in [0.2, 0.25) is 0 Å². The maximum Gasteiger partial charge on any atom is 0.412 e. The molecule has 0 saturated carbocycles. The van der Waals surface area contributed by atoms with Gasteiger partial charge in [-0.25, -0.2) is 4.79 Å². The number of carbonyl (C=O) groups is 1. The molecule has 1 heterocycles. The summed E-state index contributed by atoms with van der Waals surface area (Å²) in [6, 6.07) is 5.45. The third-order valence-corrected chi connectivity index (χ3v) is 2.41. The zero-order chi connectivity index (χ0) is 14.5. The number of amides is 1. The van der Waals surface area contributed by atoms with Crippen molar-refractivity contribution < 1.29 is 14.6 Å². The highest BCUT2D eigenvalue weighted by molar-refractivity contribution is 5.68. The van der Waals surface area contributed by atoms with Crippen LogP contribution in [-0.4, -0.2) is 32.9 Å². The van der Waals surface area contributed by atoms with Crippen molar-refractivity contribution in [1.82, 2.24) is 9.88 Å². The lowest BCUT2D eigenvalue weighted by Gasteiger charge is -2.30. The predicted octanol–water partition coefficient (Wildman–Crippen LogP) is 2.55. The van der Waals surface area contributed by atoms with Gasteiger partial charge in [-0.1, -0.05) is 13.0 Å². The molecule has 0 radical (unpaired) electrons. The van der Waals surface area contributed by atoms with E-state index in [4.69, 9.17) is 4.74 Å². The number of aromatic nitrogens is 1. The van der Waals surface area contributed by atoms with Crippen LogP contribution in [0.15, 0.2) is 24.4 Å². The topological polar surface area (TPSA) is 62.7 Å². The van der Waals surface area contributed by atoms with Crippen molar-refractivity contribution in [2.45, 2.75) is 52.5 Å². The van der Waals surface area contributed by atoms with E-state index >= 15 is 0 Å². The summed E-state index contributed by atoms with van der Waals surface area (Å²) in [6.45, 7) is 7.41. The van der Waals surface area contributed by atoms with E-state index < -0.39 is 17.9 Å². The van der Waals surface area contributed by atoms with Gasteiger partial charge < -0.3 is 9.84 Å². The second-order valence-electron chi connectivity index (χ2n) is 5.32. The molecule has 1 unspecified atom stereocenters. The number of pyridine rings is 1. The van der Waals surface area contributed by atoms with Gasteiger partial charge >= 0.3 is 6.09 Å². The van der Waals surface area contributed by atoms with E-state index in [0.29, 0.717) is 12.1 Å². The van der Waals surface area contributed by atoms with Crippen LogP contribution in [-0.2, 0) is 11.3 Å². The average molecular weight is 266 g/mol. The molecule has 5 nitrogen and oxygen atoms in total. The summed E-state index contributed by atoms with van der Waals surface area (Å²) in [4.78, 5) is 17.5. The third-order valence-electron chi connectivity index (χ3n) is 2.41. The first-order chi connectivity index (χ1) is 8.83. The molecule has 1 amide bonds. The van der Waals surface area contributed by atoms with E-state index in [2.05, 4.69) is 4.98 Å². The lowest BCUT2D eigenvalue weighted by Crippen LogP contribution is -2.42. The summed E-state index contributed by atoms with van der Waals surface area (Å²) in [6.07, 6.45) is 0.678. The van der Waals surface area contributed by atoms with E-state index in [1.165, 1.54) is 4.90 Å². The second-order valence-corrected chi connectivity index (χ2v) is 5.32. The lowest BCUT2D eigenvalue weighted by atomic mass is 10.2. The van der Waals surface area contributed by atoms with E-state index in [9.17, 15) is 9.90 Å². The Hall–Kier alpha value is -1.62. The van der Waals surface area contributed by atoms with Crippen molar-refractivity contribution in [3.05, 3.63) is 30.1 Å². The smallest absolute Gasteiger partial charge is 0.412 e. The monoisotopic (exact) mass is 266 g/mol. The molecule has 1 aromatic rings. The van der Waals surface area contributed by atoms with Crippen molar-refractivity contribution in [2.24, 2.45) is 0 Å². The van der Waals surface area contributed by atoms with Gasteiger partial charge in [0.25, 0.3) is 0 Å². The minimum atomic E-state index is -0.878. The molecule has 0 saturated heterocycles. The van der Waals surface area contributed by atoms with Crippen LogP contribution >= 0.6 is 0 Å². The fourth-order valence-electron chi connectivity index (χ4n) is 1.50. The number of hydrogen-bond donors (Lipinski definition) is 1. The maximum atomic E-state index is 12.1. The molecule has 0 spiro atoms. The van der Waals surface area contributed by atoms with Crippen LogP contribution in [0.2, 0.25) is 0 Å². The Morgan fingerprint density at radius 2 is 2.16 bits per heavy atom. The van der Waals surface area contributed by atoms with E-state index in [1.54, 1.807) is 46.0 Å². The van der Waals surface area contributed by atoms with Crippen LogP contribution in [0.25, 0.3) is 0 Å². The molecule has 1 aromatic heterocycles. The number of aliphatic hydroxyl groups is 1. The third kappa shape index (κ3) is 5.26. The molecular weight excluding hydrogens is 244 g/mol. The van der Waals surface area contributed by atoms with Crippen molar-refractivity contribution in [3.8, 4) is 0 Å². The Morgan fingerprint density at radius 1 is 1.47 bits per heavy atom. The van der Waals surface area contributed by atoms with Crippen LogP contribution in [0.4, 0.5) is 4.79 Å². The molecule has 106 valence electrons. The number of rotatable bonds is 4. The summed E-state index contributed by atoms with van der Waals surface area (Å²) in [5.41, 5.74) is 0.119. The van der Waals surface area contributed by atoms with Gasteiger partial charge in [0, 0.05) is 6.20 Å². The van der Waals surface area contributed by atoms with Crippen molar-refractivity contribution in [1.29, 1.82) is 0 Å². The van der Waals surface area contributed by atoms with Crippen LogP contribution in [0.5, 0.6) is 0 Å². The highest BCUT2D eigenvalue weighted by Crippen LogP contribution is 2.14. The quantitative estimate of drug-likeness (QED) is 0.851. The molecule has 1 N–H and O–H groups in total. The number of hydrogen-bond acceptors (Lipinski definition) is 4. The number of nitrogens with zero attached hydrogens (tertiary/aromatic N) is 2. The normalized spacial score (nSPS) is 12.9. The predicted molar refractivity (Wildman–Crippen MR) is 72.3 cm³/mol. The molecule has 1 atom stereocenters. The van der Waals surface area contributed by atoms with Crippen molar-refractivity contribution in [2.75, 3.05) is 0 Å². The second kappa shape index (κ2) is 6.52. The molecule has 0 aliphatic carbocycles. The minimum Gasteiger partial charge on any atom is -0.444 e. The van der Waals surface area contributed by atoms with E-state index in [0.717, 1.165) is 0 Å². The highest BCUT2D eigenvalue weighted by atomic mass is 16.6. The Morgan fingerprint density at radius 3 is 2.63 bits per heavy atom. The average Bonchev–Trinajstić information content (AvgIpc) is 2.34. The lowest BCUT2D eigenvalue weighted by molar-refractivity contribution is -0.0353. The molecule has 0 aromatic carbocycles. The van der Waals surface area contributed by atoms with E-state index in [1.807, 2.05) is 6.07 Å². The van der Waals surface area contributed by atoms with E-state index in [-0.39, 0.29) is 6.54 Å². The highest BCUT2D eigenvalue weighted by Gasteiger charge is 2.26. The first-order valence-corrected chi connectivity index (χ1v) is 6.41. The van der Waals surface area contributed by atoms with Gasteiger partial charge in [0.1, 0.15) is 11.8 Å². The number of ether oxygens (including phenoxy) is 1. The van der Waals surface area contributed by atoms with Gasteiger partial charge in [-0.3, -0.25) is 9.88 Å². The standard InChI is InChI=1S/C14H22N2O3/c1-5-12(17)16(13(18)19-14(2,3)4)10-11-8-6-7-9-15-11/h6-9,12,17H,5,10H2,1-4H3. The summed E-state index contributed by atoms with van der Waals surface area (Å²) in [7, 11) is 0. The molecule has 19 heavy (non-hydrogen) atoms. The molecule has 5 heteroatoms. The summed E-state index contributed by atoms with van der Waals surface area (Å²) >= 11 is 0. The fraction of sp³-hybridized carbons (Fsp3) is 0.571. The first-order valence-electron chi connectivity index (χ1n) is 6.41.